The topological polar surface area (TPSA) is 40.5 Å². The standard InChI is InChI=1S/C13H14.H2O2/c1-10(2)12-8-7-11-5-3-4-6-13(11)9-12;1-2/h3-10H,1-2H3;1-2H. The van der Waals surface area contributed by atoms with E-state index < -0.39 is 0 Å². The molecule has 0 aliphatic carbocycles. The van der Waals surface area contributed by atoms with Crippen molar-refractivity contribution in [3.8, 4) is 0 Å². The van der Waals surface area contributed by atoms with Gasteiger partial charge in [-0.05, 0) is 22.3 Å². The van der Waals surface area contributed by atoms with Crippen molar-refractivity contribution in [3.63, 3.8) is 0 Å². The zero-order valence-corrected chi connectivity index (χ0v) is 9.01. The molecule has 2 N–H and O–H groups in total. The van der Waals surface area contributed by atoms with Gasteiger partial charge in [0.25, 0.3) is 0 Å². The Labute approximate surface area is 89.7 Å². The van der Waals surface area contributed by atoms with Gasteiger partial charge in [-0.1, -0.05) is 56.3 Å². The van der Waals surface area contributed by atoms with E-state index in [4.69, 9.17) is 10.5 Å². The summed E-state index contributed by atoms with van der Waals surface area (Å²) in [6.07, 6.45) is 0. The Morgan fingerprint density at radius 3 is 2.07 bits per heavy atom. The van der Waals surface area contributed by atoms with Crippen molar-refractivity contribution < 1.29 is 10.5 Å². The Morgan fingerprint density at radius 1 is 0.867 bits per heavy atom. The summed E-state index contributed by atoms with van der Waals surface area (Å²) in [6.45, 7) is 4.45. The van der Waals surface area contributed by atoms with Crippen LogP contribution >= 0.6 is 0 Å². The average molecular weight is 204 g/mol. The van der Waals surface area contributed by atoms with Crippen LogP contribution in [0, 0.1) is 0 Å². The van der Waals surface area contributed by atoms with Crippen molar-refractivity contribution >= 4 is 10.8 Å². The number of benzene rings is 2. The number of fused-ring (bicyclic) bond motifs is 1. The Hall–Kier alpha value is -1.38. The third-order valence-corrected chi connectivity index (χ3v) is 2.44. The van der Waals surface area contributed by atoms with Crippen molar-refractivity contribution in [2.45, 2.75) is 19.8 Å². The van der Waals surface area contributed by atoms with E-state index in [9.17, 15) is 0 Å². The van der Waals surface area contributed by atoms with Gasteiger partial charge in [-0.25, -0.2) is 0 Å². The van der Waals surface area contributed by atoms with Crippen LogP contribution < -0.4 is 0 Å². The first-order valence-electron chi connectivity index (χ1n) is 4.96. The molecule has 2 heteroatoms. The Bertz CT molecular complexity index is 422. The molecule has 2 aromatic carbocycles. The summed E-state index contributed by atoms with van der Waals surface area (Å²) >= 11 is 0. The lowest BCUT2D eigenvalue weighted by molar-refractivity contribution is -0.176. The highest BCUT2D eigenvalue weighted by molar-refractivity contribution is 5.83. The molecule has 2 rings (SSSR count). The second-order valence-corrected chi connectivity index (χ2v) is 3.76. The van der Waals surface area contributed by atoms with E-state index in [2.05, 4.69) is 56.3 Å². The molecule has 0 spiro atoms. The summed E-state index contributed by atoms with van der Waals surface area (Å²) in [5.74, 6) is 0.615. The SMILES string of the molecule is CC(C)c1ccc2ccccc2c1.OO. The summed E-state index contributed by atoms with van der Waals surface area (Å²) in [4.78, 5) is 0. The molecule has 0 bridgehead atoms. The van der Waals surface area contributed by atoms with Gasteiger partial charge in [-0.15, -0.1) is 0 Å². The van der Waals surface area contributed by atoms with E-state index in [1.54, 1.807) is 0 Å². The zero-order chi connectivity index (χ0) is 11.3. The monoisotopic (exact) mass is 204 g/mol. The first kappa shape index (κ1) is 11.7. The van der Waals surface area contributed by atoms with Gasteiger partial charge in [0.2, 0.25) is 0 Å². The molecule has 2 aromatic rings. The molecule has 0 aliphatic heterocycles. The minimum Gasteiger partial charge on any atom is -0.255 e. The number of hydrogen-bond donors (Lipinski definition) is 2. The molecule has 0 saturated heterocycles. The molecule has 0 heterocycles. The molecule has 0 radical (unpaired) electrons. The summed E-state index contributed by atoms with van der Waals surface area (Å²) in [7, 11) is 0. The van der Waals surface area contributed by atoms with Crippen LogP contribution in [0.25, 0.3) is 10.8 Å². The van der Waals surface area contributed by atoms with Crippen LogP contribution in [0.3, 0.4) is 0 Å². The highest BCUT2D eigenvalue weighted by Crippen LogP contribution is 2.20. The van der Waals surface area contributed by atoms with Gasteiger partial charge in [0.05, 0.1) is 0 Å². The van der Waals surface area contributed by atoms with Gasteiger partial charge in [0.1, 0.15) is 0 Å². The largest absolute Gasteiger partial charge is 0.255 e. The first-order chi connectivity index (χ1) is 7.27. The molecule has 80 valence electrons. The van der Waals surface area contributed by atoms with Gasteiger partial charge < -0.3 is 0 Å². The smallest absolute Gasteiger partial charge is 0.0181 e. The zero-order valence-electron chi connectivity index (χ0n) is 9.01. The van der Waals surface area contributed by atoms with Crippen LogP contribution in [0.2, 0.25) is 0 Å². The molecule has 0 fully saturated rings. The number of rotatable bonds is 1. The van der Waals surface area contributed by atoms with Crippen LogP contribution in [0.5, 0.6) is 0 Å². The summed E-state index contributed by atoms with van der Waals surface area (Å²) in [5, 5.41) is 14.7. The normalized spacial score (nSPS) is 9.93. The molecule has 0 atom stereocenters. The Morgan fingerprint density at radius 2 is 1.47 bits per heavy atom. The van der Waals surface area contributed by atoms with Crippen molar-refractivity contribution in [3.05, 3.63) is 48.0 Å². The maximum atomic E-state index is 6.00. The second kappa shape index (κ2) is 5.49. The molecule has 0 aliphatic rings. The van der Waals surface area contributed by atoms with E-state index >= 15 is 0 Å². The summed E-state index contributed by atoms with van der Waals surface area (Å²) in [6, 6.07) is 15.2. The van der Waals surface area contributed by atoms with Gasteiger partial charge in [-0.2, -0.15) is 0 Å². The van der Waals surface area contributed by atoms with Crippen molar-refractivity contribution in [1.82, 2.24) is 0 Å². The van der Waals surface area contributed by atoms with Crippen molar-refractivity contribution in [2.75, 3.05) is 0 Å². The Kier molecular flexibility index (Phi) is 4.28. The minimum atomic E-state index is 0.615. The maximum absolute atomic E-state index is 6.00. The van der Waals surface area contributed by atoms with Gasteiger partial charge in [0, 0.05) is 0 Å². The maximum Gasteiger partial charge on any atom is -0.0181 e. The molecule has 2 nitrogen and oxygen atoms in total. The van der Waals surface area contributed by atoms with Gasteiger partial charge >= 0.3 is 0 Å². The van der Waals surface area contributed by atoms with Crippen molar-refractivity contribution in [1.29, 1.82) is 0 Å². The van der Waals surface area contributed by atoms with Crippen LogP contribution in [0.1, 0.15) is 25.3 Å². The number of hydrogen-bond acceptors (Lipinski definition) is 2. The van der Waals surface area contributed by atoms with Gasteiger partial charge in [-0.3, -0.25) is 10.5 Å². The van der Waals surface area contributed by atoms with Crippen molar-refractivity contribution in [2.24, 2.45) is 0 Å². The lowest BCUT2D eigenvalue weighted by Gasteiger charge is -2.06. The van der Waals surface area contributed by atoms with E-state index in [0.717, 1.165) is 0 Å². The molecular formula is C13H16O2. The third-order valence-electron chi connectivity index (χ3n) is 2.44. The van der Waals surface area contributed by atoms with E-state index in [1.807, 2.05) is 0 Å². The molecule has 0 saturated carbocycles. The predicted molar refractivity (Wildman–Crippen MR) is 63.3 cm³/mol. The summed E-state index contributed by atoms with van der Waals surface area (Å²) < 4.78 is 0. The highest BCUT2D eigenvalue weighted by Gasteiger charge is 1.99. The fourth-order valence-corrected chi connectivity index (χ4v) is 1.57. The lowest BCUT2D eigenvalue weighted by atomic mass is 9.99. The second-order valence-electron chi connectivity index (χ2n) is 3.76. The molecule has 15 heavy (non-hydrogen) atoms. The lowest BCUT2D eigenvalue weighted by Crippen LogP contribution is -1.85. The third kappa shape index (κ3) is 2.78. The van der Waals surface area contributed by atoms with E-state index in [0.29, 0.717) is 5.92 Å². The fourth-order valence-electron chi connectivity index (χ4n) is 1.57. The first-order valence-corrected chi connectivity index (χ1v) is 4.96. The Balaban J connectivity index is 0.000000531. The highest BCUT2D eigenvalue weighted by atomic mass is 17.0. The molecule has 0 amide bonds. The fraction of sp³-hybridized carbons (Fsp3) is 0.231. The molecule has 0 unspecified atom stereocenters. The minimum absolute atomic E-state index is 0.615. The average Bonchev–Trinajstić information content (AvgIpc) is 2.31. The summed E-state index contributed by atoms with van der Waals surface area (Å²) in [5.41, 5.74) is 1.42. The van der Waals surface area contributed by atoms with Crippen LogP contribution in [0.4, 0.5) is 0 Å². The van der Waals surface area contributed by atoms with Crippen LogP contribution in [-0.2, 0) is 0 Å². The molecule has 0 aromatic heterocycles. The van der Waals surface area contributed by atoms with Crippen LogP contribution in [-0.4, -0.2) is 10.5 Å². The van der Waals surface area contributed by atoms with E-state index in [1.165, 1.54) is 16.3 Å². The predicted octanol–water partition coefficient (Wildman–Crippen LogP) is 3.98. The van der Waals surface area contributed by atoms with E-state index in [-0.39, 0.29) is 0 Å². The van der Waals surface area contributed by atoms with Crippen LogP contribution in [0.15, 0.2) is 42.5 Å². The van der Waals surface area contributed by atoms with Gasteiger partial charge in [0.15, 0.2) is 0 Å². The quantitative estimate of drug-likeness (QED) is 0.545. The molecular weight excluding hydrogens is 188 g/mol.